The van der Waals surface area contributed by atoms with Gasteiger partial charge in [0.05, 0.1) is 15.9 Å². The molecule has 180 valence electrons. The van der Waals surface area contributed by atoms with Crippen LogP contribution in [0.2, 0.25) is 0 Å². The minimum Gasteiger partial charge on any atom is -0.450 e. The maximum atomic E-state index is 13.1. The largest absolute Gasteiger partial charge is 0.450 e. The van der Waals surface area contributed by atoms with Crippen LogP contribution in [0.15, 0.2) is 47.3 Å². The summed E-state index contributed by atoms with van der Waals surface area (Å²) in [5.41, 5.74) is 0.838. The lowest BCUT2D eigenvalue weighted by Crippen LogP contribution is -2.14. The first kappa shape index (κ1) is 23.4. The van der Waals surface area contributed by atoms with Gasteiger partial charge in [0.1, 0.15) is 22.5 Å². The Morgan fingerprint density at radius 3 is 2.83 bits per heavy atom. The van der Waals surface area contributed by atoms with Crippen molar-refractivity contribution < 1.29 is 14.1 Å². The van der Waals surface area contributed by atoms with Crippen LogP contribution >= 0.6 is 11.3 Å². The molecule has 0 aliphatic heterocycles. The molecule has 0 bridgehead atoms. The number of ether oxygens (including phenoxy) is 1. The summed E-state index contributed by atoms with van der Waals surface area (Å²) in [6, 6.07) is 11.3. The molecule has 10 heteroatoms. The Kier molecular flexibility index (Phi) is 6.08. The zero-order valence-corrected chi connectivity index (χ0v) is 19.9. The first-order valence-corrected chi connectivity index (χ1v) is 12.0. The van der Waals surface area contributed by atoms with E-state index < -0.39 is 10.7 Å². The summed E-state index contributed by atoms with van der Waals surface area (Å²) >= 11 is 1.48. The van der Waals surface area contributed by atoms with Crippen molar-refractivity contribution in [2.75, 3.05) is 0 Å². The number of fused-ring (bicyclic) bond motifs is 3. The number of halogens is 1. The van der Waals surface area contributed by atoms with E-state index in [2.05, 4.69) is 16.9 Å². The molecule has 1 aliphatic rings. The molecule has 0 saturated carbocycles. The van der Waals surface area contributed by atoms with Crippen LogP contribution in [0.1, 0.15) is 35.2 Å². The van der Waals surface area contributed by atoms with Crippen molar-refractivity contribution in [1.82, 2.24) is 9.97 Å². The van der Waals surface area contributed by atoms with Crippen LogP contribution in [-0.2, 0) is 12.8 Å². The summed E-state index contributed by atoms with van der Waals surface area (Å²) in [5.74, 6) is 0.404. The molecule has 1 aliphatic carbocycles. The molecule has 5 rings (SSSR count). The molecule has 0 saturated heterocycles. The maximum Gasteiger partial charge on any atom is 0.312 e. The number of rotatable bonds is 5. The standard InChI is InChI=1S/C26H19FN4O4S/c1-14-2-8-19-22(10-14)36-26-23(19)25(32)29-24(30-26)16(13-28)11-15-3-9-21(20(12-15)31(33)34)35-18-6-4-17(27)5-7-18/h3-7,9,11-12,14H,2,8,10H2,1H3,(H,29,30,32)/b16-11+/t14-/m0/s1. The van der Waals surface area contributed by atoms with E-state index in [1.807, 2.05) is 6.07 Å². The third-order valence-electron chi connectivity index (χ3n) is 6.07. The SMILES string of the molecule is C[C@H]1CCc2c(sc3nc(/C(C#N)=C/c4ccc(Oc5ccc(F)cc5)c([N+](=O)[O-])c4)[nH]c(=O)c23)C1. The highest BCUT2D eigenvalue weighted by Crippen LogP contribution is 2.36. The van der Waals surface area contributed by atoms with Gasteiger partial charge in [-0.25, -0.2) is 9.37 Å². The molecule has 2 heterocycles. The monoisotopic (exact) mass is 502 g/mol. The molecule has 8 nitrogen and oxygen atoms in total. The quantitative estimate of drug-likeness (QED) is 0.202. The first-order valence-electron chi connectivity index (χ1n) is 11.2. The normalized spacial score (nSPS) is 15.4. The number of H-pyrrole nitrogens is 1. The molecule has 1 N–H and O–H groups in total. The number of nitro groups is 1. The summed E-state index contributed by atoms with van der Waals surface area (Å²) in [7, 11) is 0. The zero-order valence-electron chi connectivity index (χ0n) is 19.1. The predicted molar refractivity (Wildman–Crippen MR) is 134 cm³/mol. The highest BCUT2D eigenvalue weighted by atomic mass is 32.1. The molecule has 2 aromatic heterocycles. The van der Waals surface area contributed by atoms with Crippen LogP contribution in [0, 0.1) is 33.2 Å². The van der Waals surface area contributed by atoms with Gasteiger partial charge in [-0.05, 0) is 72.7 Å². The number of aryl methyl sites for hydroxylation is 1. The molecule has 0 amide bonds. The lowest BCUT2D eigenvalue weighted by atomic mass is 9.89. The molecule has 4 aromatic rings. The minimum absolute atomic E-state index is 0.0337. The molecule has 2 aromatic carbocycles. The summed E-state index contributed by atoms with van der Waals surface area (Å²) < 4.78 is 18.7. The van der Waals surface area contributed by atoms with Gasteiger partial charge < -0.3 is 9.72 Å². The van der Waals surface area contributed by atoms with E-state index in [9.17, 15) is 24.6 Å². The van der Waals surface area contributed by atoms with E-state index in [4.69, 9.17) is 4.74 Å². The van der Waals surface area contributed by atoms with Gasteiger partial charge >= 0.3 is 5.69 Å². The van der Waals surface area contributed by atoms with Gasteiger partial charge in [-0.3, -0.25) is 14.9 Å². The molecule has 0 fully saturated rings. The number of thiophene rings is 1. The number of aromatic nitrogens is 2. The Labute approximate surface area is 208 Å². The van der Waals surface area contributed by atoms with Crippen LogP contribution in [0.5, 0.6) is 11.5 Å². The molecule has 1 atom stereocenters. The van der Waals surface area contributed by atoms with Crippen molar-refractivity contribution >= 4 is 38.9 Å². The fourth-order valence-corrected chi connectivity index (χ4v) is 5.66. The highest BCUT2D eigenvalue weighted by Gasteiger charge is 2.24. The third kappa shape index (κ3) is 4.48. The number of allylic oxidation sites excluding steroid dienone is 1. The second-order valence-electron chi connectivity index (χ2n) is 8.66. The lowest BCUT2D eigenvalue weighted by molar-refractivity contribution is -0.385. The van der Waals surface area contributed by atoms with E-state index in [0.717, 1.165) is 29.7 Å². The van der Waals surface area contributed by atoms with Crippen LogP contribution in [0.3, 0.4) is 0 Å². The number of hydrogen-bond donors (Lipinski definition) is 1. The van der Waals surface area contributed by atoms with E-state index in [-0.39, 0.29) is 34.1 Å². The number of nitrogens with one attached hydrogen (secondary N) is 1. The van der Waals surface area contributed by atoms with Crippen molar-refractivity contribution in [2.24, 2.45) is 5.92 Å². The summed E-state index contributed by atoms with van der Waals surface area (Å²) in [6.45, 7) is 2.18. The van der Waals surface area contributed by atoms with E-state index in [1.54, 1.807) is 6.07 Å². The van der Waals surface area contributed by atoms with Gasteiger partial charge in [0, 0.05) is 10.9 Å². The summed E-state index contributed by atoms with van der Waals surface area (Å²) in [5, 5.41) is 22.0. The third-order valence-corrected chi connectivity index (χ3v) is 7.22. The Bertz CT molecular complexity index is 1630. The minimum atomic E-state index is -0.606. The van der Waals surface area contributed by atoms with Crippen LogP contribution < -0.4 is 10.3 Å². The molecule has 36 heavy (non-hydrogen) atoms. The summed E-state index contributed by atoms with van der Waals surface area (Å²) in [4.78, 5) is 33.0. The number of aromatic amines is 1. The van der Waals surface area contributed by atoms with Gasteiger partial charge in [-0.1, -0.05) is 13.0 Å². The Balaban J connectivity index is 1.52. The average Bonchev–Trinajstić information content (AvgIpc) is 3.22. The van der Waals surface area contributed by atoms with Gasteiger partial charge in [0.25, 0.3) is 5.56 Å². The molecule has 0 spiro atoms. The smallest absolute Gasteiger partial charge is 0.312 e. The number of hydrogen-bond acceptors (Lipinski definition) is 7. The molecule has 0 radical (unpaired) electrons. The molecular formula is C26H19FN4O4S. The van der Waals surface area contributed by atoms with Crippen molar-refractivity contribution in [3.8, 4) is 17.6 Å². The van der Waals surface area contributed by atoms with Crippen LogP contribution in [-0.4, -0.2) is 14.9 Å². The highest BCUT2D eigenvalue weighted by molar-refractivity contribution is 7.18. The summed E-state index contributed by atoms with van der Waals surface area (Å²) in [6.07, 6.45) is 4.18. The maximum absolute atomic E-state index is 13.1. The van der Waals surface area contributed by atoms with Crippen molar-refractivity contribution in [1.29, 1.82) is 5.26 Å². The first-order chi connectivity index (χ1) is 17.3. The Morgan fingerprint density at radius 1 is 1.33 bits per heavy atom. The lowest BCUT2D eigenvalue weighted by Gasteiger charge is -2.17. The van der Waals surface area contributed by atoms with Gasteiger partial charge in [-0.15, -0.1) is 11.3 Å². The second-order valence-corrected chi connectivity index (χ2v) is 9.74. The Morgan fingerprint density at radius 2 is 2.11 bits per heavy atom. The van der Waals surface area contributed by atoms with Gasteiger partial charge in [0.2, 0.25) is 5.75 Å². The van der Waals surface area contributed by atoms with Crippen molar-refractivity contribution in [3.63, 3.8) is 0 Å². The van der Waals surface area contributed by atoms with Gasteiger partial charge in [-0.2, -0.15) is 5.26 Å². The molecular weight excluding hydrogens is 483 g/mol. The predicted octanol–water partition coefficient (Wildman–Crippen LogP) is 6.01. The van der Waals surface area contributed by atoms with Crippen molar-refractivity contribution in [3.05, 3.63) is 90.6 Å². The topological polar surface area (TPSA) is 122 Å². The Hall–Kier alpha value is -4.36. The number of nitriles is 1. The zero-order chi connectivity index (χ0) is 25.4. The fourth-order valence-electron chi connectivity index (χ4n) is 4.28. The van der Waals surface area contributed by atoms with Crippen molar-refractivity contribution in [2.45, 2.75) is 26.2 Å². The fraction of sp³-hybridized carbons (Fsp3) is 0.192. The van der Waals surface area contributed by atoms with Gasteiger partial charge in [0.15, 0.2) is 5.82 Å². The average molecular weight is 503 g/mol. The van der Waals surface area contributed by atoms with E-state index in [1.165, 1.54) is 53.8 Å². The number of nitro benzene ring substituents is 1. The molecule has 0 unspecified atom stereocenters. The van der Waals surface area contributed by atoms with Crippen LogP contribution in [0.25, 0.3) is 21.9 Å². The van der Waals surface area contributed by atoms with E-state index >= 15 is 0 Å². The van der Waals surface area contributed by atoms with Crippen LogP contribution in [0.4, 0.5) is 10.1 Å². The van der Waals surface area contributed by atoms with E-state index in [0.29, 0.717) is 21.7 Å². The second kappa shape index (κ2) is 9.36. The number of benzene rings is 2. The number of nitrogens with zero attached hydrogens (tertiary/aromatic N) is 3.